The number of nitrogens with one attached hydrogen (secondary N) is 2. The Balaban J connectivity index is 1.14. The number of anilines is 2. The fraction of sp³-hybridized carbons (Fsp3) is 0.167. The third-order valence-corrected chi connectivity index (χ3v) is 6.98. The number of rotatable bonds is 6. The van der Waals surface area contributed by atoms with Crippen molar-refractivity contribution in [3.63, 3.8) is 0 Å². The summed E-state index contributed by atoms with van der Waals surface area (Å²) < 4.78 is 1.22. The van der Waals surface area contributed by atoms with Crippen LogP contribution in [0.15, 0.2) is 83.9 Å². The van der Waals surface area contributed by atoms with E-state index in [1.807, 2.05) is 12.1 Å². The first kappa shape index (κ1) is 19.2. The molecule has 0 aliphatic carbocycles. The highest BCUT2D eigenvalue weighted by Crippen LogP contribution is 2.31. The van der Waals surface area contributed by atoms with Crippen LogP contribution in [0.2, 0.25) is 0 Å². The Morgan fingerprint density at radius 1 is 0.900 bits per heavy atom. The molecule has 0 saturated heterocycles. The summed E-state index contributed by atoms with van der Waals surface area (Å²) in [6, 6.07) is 27.6. The maximum atomic E-state index is 4.83. The fourth-order valence-corrected chi connectivity index (χ4v) is 5.29. The smallest absolute Gasteiger partial charge is 0.183 e. The first-order chi connectivity index (χ1) is 14.8. The van der Waals surface area contributed by atoms with Crippen LogP contribution in [0.1, 0.15) is 17.2 Å². The molecule has 1 aromatic heterocycles. The van der Waals surface area contributed by atoms with Gasteiger partial charge in [0.05, 0.1) is 16.3 Å². The van der Waals surface area contributed by atoms with Crippen LogP contribution in [0.5, 0.6) is 0 Å². The number of aliphatic imine (C=N–C) groups is 1. The Hall–Kier alpha value is -2.83. The number of hydrogen-bond donors (Lipinski definition) is 2. The summed E-state index contributed by atoms with van der Waals surface area (Å²) >= 11 is 3.48. The zero-order valence-electron chi connectivity index (χ0n) is 16.4. The van der Waals surface area contributed by atoms with E-state index >= 15 is 0 Å². The lowest BCUT2D eigenvalue weighted by molar-refractivity contribution is 0.849. The largest absolute Gasteiger partial charge is 0.361 e. The number of aromatic nitrogens is 1. The van der Waals surface area contributed by atoms with Gasteiger partial charge in [0.15, 0.2) is 10.3 Å². The molecule has 1 aliphatic heterocycles. The first-order valence-electron chi connectivity index (χ1n) is 10.0. The maximum Gasteiger partial charge on any atom is 0.183 e. The summed E-state index contributed by atoms with van der Waals surface area (Å²) in [6.07, 6.45) is 0.960. The molecule has 150 valence electrons. The van der Waals surface area contributed by atoms with Gasteiger partial charge < -0.3 is 10.6 Å². The monoisotopic (exact) mass is 430 g/mol. The van der Waals surface area contributed by atoms with Crippen molar-refractivity contribution >= 4 is 49.3 Å². The number of para-hydroxylation sites is 1. The first-order valence-corrected chi connectivity index (χ1v) is 11.8. The maximum absolute atomic E-state index is 4.83. The van der Waals surface area contributed by atoms with Crippen molar-refractivity contribution in [2.45, 2.75) is 12.5 Å². The second kappa shape index (κ2) is 8.90. The summed E-state index contributed by atoms with van der Waals surface area (Å²) in [4.78, 5) is 9.46. The van der Waals surface area contributed by atoms with Gasteiger partial charge >= 0.3 is 0 Å². The number of benzene rings is 3. The molecule has 2 N–H and O–H groups in total. The molecule has 5 rings (SSSR count). The Labute approximate surface area is 184 Å². The number of amidine groups is 1. The van der Waals surface area contributed by atoms with E-state index in [1.54, 1.807) is 23.1 Å². The van der Waals surface area contributed by atoms with Crippen molar-refractivity contribution in [3.05, 3.63) is 90.0 Å². The van der Waals surface area contributed by atoms with Crippen LogP contribution in [-0.4, -0.2) is 22.4 Å². The van der Waals surface area contributed by atoms with E-state index < -0.39 is 0 Å². The van der Waals surface area contributed by atoms with E-state index in [0.717, 1.165) is 40.2 Å². The van der Waals surface area contributed by atoms with Gasteiger partial charge in [-0.05, 0) is 41.8 Å². The predicted molar refractivity (Wildman–Crippen MR) is 131 cm³/mol. The Morgan fingerprint density at radius 3 is 2.53 bits per heavy atom. The molecule has 0 amide bonds. The van der Waals surface area contributed by atoms with Crippen LogP contribution in [0.25, 0.3) is 10.2 Å². The lowest BCUT2D eigenvalue weighted by Gasteiger charge is -2.07. The van der Waals surface area contributed by atoms with E-state index in [0.29, 0.717) is 0 Å². The Kier molecular flexibility index (Phi) is 5.68. The number of thiazole rings is 1. The molecule has 2 heterocycles. The lowest BCUT2D eigenvalue weighted by Crippen LogP contribution is -2.06. The highest BCUT2D eigenvalue weighted by Gasteiger charge is 2.19. The van der Waals surface area contributed by atoms with E-state index in [9.17, 15) is 0 Å². The number of nitrogens with zero attached hydrogens (tertiary/aromatic N) is 2. The van der Waals surface area contributed by atoms with Gasteiger partial charge in [-0.3, -0.25) is 4.99 Å². The lowest BCUT2D eigenvalue weighted by atomic mass is 10.1. The third-order valence-electron chi connectivity index (χ3n) is 5.02. The minimum absolute atomic E-state index is 0.242. The zero-order valence-corrected chi connectivity index (χ0v) is 18.0. The molecule has 30 heavy (non-hydrogen) atoms. The van der Waals surface area contributed by atoms with Gasteiger partial charge in [0, 0.05) is 18.0 Å². The molecule has 0 fully saturated rings. The van der Waals surface area contributed by atoms with E-state index in [-0.39, 0.29) is 6.04 Å². The summed E-state index contributed by atoms with van der Waals surface area (Å²) in [6.45, 7) is 0.869. The number of fused-ring (bicyclic) bond motifs is 1. The average Bonchev–Trinajstić information content (AvgIpc) is 3.42. The van der Waals surface area contributed by atoms with Crippen molar-refractivity contribution in [1.82, 2.24) is 4.98 Å². The fourth-order valence-electron chi connectivity index (χ4n) is 3.43. The van der Waals surface area contributed by atoms with E-state index in [4.69, 9.17) is 4.99 Å². The predicted octanol–water partition coefficient (Wildman–Crippen LogP) is 6.21. The average molecular weight is 431 g/mol. The summed E-state index contributed by atoms with van der Waals surface area (Å²) in [7, 11) is 0. The summed E-state index contributed by atoms with van der Waals surface area (Å²) in [5, 5.41) is 8.88. The Bertz CT molecular complexity index is 1120. The highest BCUT2D eigenvalue weighted by molar-refractivity contribution is 8.14. The van der Waals surface area contributed by atoms with Crippen molar-refractivity contribution in [2.75, 3.05) is 22.9 Å². The highest BCUT2D eigenvalue weighted by atomic mass is 32.2. The van der Waals surface area contributed by atoms with Crippen LogP contribution in [0.3, 0.4) is 0 Å². The van der Waals surface area contributed by atoms with Crippen molar-refractivity contribution < 1.29 is 0 Å². The van der Waals surface area contributed by atoms with E-state index in [2.05, 4.69) is 82.3 Å². The summed E-state index contributed by atoms with van der Waals surface area (Å²) in [5.41, 5.74) is 4.72. The standard InChI is InChI=1S/C24H22N4S2/c1-2-6-18(7-3-1)21-16-29-24(28-21)26-19-12-10-17(11-13-19)14-15-25-23-27-20-8-4-5-9-22(20)30-23/h1-13,21H,14-16H2,(H,25,27)(H,26,28)/t21-/m0/s1. The molecule has 4 nitrogen and oxygen atoms in total. The Morgan fingerprint density at radius 2 is 1.70 bits per heavy atom. The molecular formula is C24H22N4S2. The van der Waals surface area contributed by atoms with Gasteiger partial charge in [0.2, 0.25) is 0 Å². The topological polar surface area (TPSA) is 49.3 Å². The molecular weight excluding hydrogens is 408 g/mol. The van der Waals surface area contributed by atoms with Gasteiger partial charge in [-0.25, -0.2) is 4.98 Å². The van der Waals surface area contributed by atoms with Crippen LogP contribution < -0.4 is 10.6 Å². The number of hydrogen-bond acceptors (Lipinski definition) is 6. The second-order valence-corrected chi connectivity index (χ2v) is 9.20. The molecule has 4 aromatic rings. The SMILES string of the molecule is c1ccc([C@@H]2CSC(Nc3ccc(CCNc4nc5ccccc5s4)cc3)=N2)cc1. The van der Waals surface area contributed by atoms with Gasteiger partial charge in [-0.2, -0.15) is 0 Å². The molecule has 0 bridgehead atoms. The molecule has 0 saturated carbocycles. The molecule has 0 radical (unpaired) electrons. The minimum atomic E-state index is 0.242. The zero-order chi connectivity index (χ0) is 20.2. The molecule has 3 aromatic carbocycles. The molecule has 6 heteroatoms. The quantitative estimate of drug-likeness (QED) is 0.382. The van der Waals surface area contributed by atoms with Crippen LogP contribution in [0.4, 0.5) is 10.8 Å². The normalized spacial score (nSPS) is 15.9. The van der Waals surface area contributed by atoms with Gasteiger partial charge in [-0.15, -0.1) is 0 Å². The third kappa shape index (κ3) is 4.50. The van der Waals surface area contributed by atoms with Gasteiger partial charge in [-0.1, -0.05) is 77.7 Å². The van der Waals surface area contributed by atoms with Crippen molar-refractivity contribution in [1.29, 1.82) is 0 Å². The van der Waals surface area contributed by atoms with E-state index in [1.165, 1.54) is 15.8 Å². The van der Waals surface area contributed by atoms with Crippen LogP contribution in [-0.2, 0) is 6.42 Å². The van der Waals surface area contributed by atoms with Crippen molar-refractivity contribution in [2.24, 2.45) is 4.99 Å². The molecule has 0 spiro atoms. The minimum Gasteiger partial charge on any atom is -0.361 e. The molecule has 1 aliphatic rings. The molecule has 1 atom stereocenters. The van der Waals surface area contributed by atoms with Gasteiger partial charge in [0.25, 0.3) is 0 Å². The second-order valence-electron chi connectivity index (χ2n) is 7.16. The van der Waals surface area contributed by atoms with Gasteiger partial charge in [0.1, 0.15) is 0 Å². The van der Waals surface area contributed by atoms with Crippen LogP contribution >= 0.6 is 23.1 Å². The molecule has 0 unspecified atom stereocenters. The summed E-state index contributed by atoms with van der Waals surface area (Å²) in [5.74, 6) is 0.988. The van der Waals surface area contributed by atoms with Crippen molar-refractivity contribution in [3.8, 4) is 0 Å². The number of thioether (sulfide) groups is 1. The van der Waals surface area contributed by atoms with Crippen LogP contribution in [0, 0.1) is 0 Å².